The SMILES string of the molecule is Cc1cc(C)c2c(c1)c(C)cc(=O)n2CCC(=O)Nc1cccc(Cl)c1C. The topological polar surface area (TPSA) is 51.1 Å². The highest BCUT2D eigenvalue weighted by Gasteiger charge is 2.12. The fourth-order valence-corrected chi connectivity index (χ4v) is 3.64. The predicted octanol–water partition coefficient (Wildman–Crippen LogP) is 4.92. The zero-order chi connectivity index (χ0) is 19.7. The molecule has 2 aromatic carbocycles. The molecule has 0 aliphatic rings. The number of nitrogens with one attached hydrogen (secondary N) is 1. The molecule has 0 fully saturated rings. The molecule has 0 bridgehead atoms. The zero-order valence-corrected chi connectivity index (χ0v) is 16.8. The number of aromatic nitrogens is 1. The van der Waals surface area contributed by atoms with Gasteiger partial charge in [0.15, 0.2) is 0 Å². The summed E-state index contributed by atoms with van der Waals surface area (Å²) >= 11 is 6.10. The summed E-state index contributed by atoms with van der Waals surface area (Å²) in [5.74, 6) is -0.147. The van der Waals surface area contributed by atoms with Gasteiger partial charge in [0.25, 0.3) is 5.56 Å². The summed E-state index contributed by atoms with van der Waals surface area (Å²) in [5.41, 5.74) is 5.49. The van der Waals surface area contributed by atoms with Crippen LogP contribution in [0.4, 0.5) is 5.69 Å². The molecule has 1 amide bonds. The van der Waals surface area contributed by atoms with Gasteiger partial charge in [0, 0.05) is 35.1 Å². The number of hydrogen-bond acceptors (Lipinski definition) is 2. The van der Waals surface area contributed by atoms with E-state index in [-0.39, 0.29) is 17.9 Å². The maximum Gasteiger partial charge on any atom is 0.251 e. The van der Waals surface area contributed by atoms with Crippen molar-refractivity contribution in [3.63, 3.8) is 0 Å². The average molecular weight is 383 g/mol. The van der Waals surface area contributed by atoms with Gasteiger partial charge in [-0.15, -0.1) is 0 Å². The molecule has 3 rings (SSSR count). The van der Waals surface area contributed by atoms with Crippen molar-refractivity contribution < 1.29 is 4.79 Å². The van der Waals surface area contributed by atoms with E-state index in [1.807, 2.05) is 33.8 Å². The van der Waals surface area contributed by atoms with E-state index in [1.54, 1.807) is 22.8 Å². The molecule has 0 aliphatic carbocycles. The van der Waals surface area contributed by atoms with Gasteiger partial charge in [0.05, 0.1) is 5.52 Å². The molecule has 5 heteroatoms. The third-order valence-electron chi connectivity index (χ3n) is 4.85. The van der Waals surface area contributed by atoms with Crippen molar-refractivity contribution >= 4 is 34.1 Å². The van der Waals surface area contributed by atoms with E-state index in [4.69, 9.17) is 11.6 Å². The third kappa shape index (κ3) is 3.91. The van der Waals surface area contributed by atoms with Crippen molar-refractivity contribution in [3.05, 3.63) is 74.0 Å². The smallest absolute Gasteiger partial charge is 0.251 e. The van der Waals surface area contributed by atoms with Gasteiger partial charge in [-0.2, -0.15) is 0 Å². The van der Waals surface area contributed by atoms with Crippen molar-refractivity contribution in [1.82, 2.24) is 4.57 Å². The Morgan fingerprint density at radius 3 is 2.56 bits per heavy atom. The Hall–Kier alpha value is -2.59. The number of pyridine rings is 1. The molecular weight excluding hydrogens is 360 g/mol. The highest BCUT2D eigenvalue weighted by atomic mass is 35.5. The van der Waals surface area contributed by atoms with Crippen LogP contribution in [0.2, 0.25) is 5.02 Å². The van der Waals surface area contributed by atoms with E-state index in [0.29, 0.717) is 17.3 Å². The predicted molar refractivity (Wildman–Crippen MR) is 112 cm³/mol. The van der Waals surface area contributed by atoms with Crippen LogP contribution in [0.25, 0.3) is 10.9 Å². The number of hydrogen-bond donors (Lipinski definition) is 1. The number of amides is 1. The van der Waals surface area contributed by atoms with E-state index in [1.165, 1.54) is 0 Å². The number of anilines is 1. The van der Waals surface area contributed by atoms with Gasteiger partial charge < -0.3 is 9.88 Å². The molecular formula is C22H23ClN2O2. The largest absolute Gasteiger partial charge is 0.326 e. The number of fused-ring (bicyclic) bond motifs is 1. The number of rotatable bonds is 4. The summed E-state index contributed by atoms with van der Waals surface area (Å²) in [4.78, 5) is 25.0. The van der Waals surface area contributed by atoms with Crippen molar-refractivity contribution in [1.29, 1.82) is 0 Å². The Balaban J connectivity index is 1.88. The van der Waals surface area contributed by atoms with Crippen molar-refractivity contribution in [2.45, 2.75) is 40.7 Å². The Bertz CT molecular complexity index is 1100. The van der Waals surface area contributed by atoms with Gasteiger partial charge in [-0.25, -0.2) is 0 Å². The quantitative estimate of drug-likeness (QED) is 0.696. The summed E-state index contributed by atoms with van der Waals surface area (Å²) in [5, 5.41) is 4.55. The van der Waals surface area contributed by atoms with Gasteiger partial charge in [0.1, 0.15) is 0 Å². The number of carbonyl (C=O) groups excluding carboxylic acids is 1. The van der Waals surface area contributed by atoms with Gasteiger partial charge in [-0.05, 0) is 62.6 Å². The molecule has 4 nitrogen and oxygen atoms in total. The van der Waals surface area contributed by atoms with Crippen molar-refractivity contribution in [2.75, 3.05) is 5.32 Å². The first-order chi connectivity index (χ1) is 12.8. The monoisotopic (exact) mass is 382 g/mol. The molecule has 0 saturated heterocycles. The second-order valence-corrected chi connectivity index (χ2v) is 7.41. The van der Waals surface area contributed by atoms with Crippen LogP contribution in [0.3, 0.4) is 0 Å². The Labute approximate surface area is 163 Å². The van der Waals surface area contributed by atoms with E-state index >= 15 is 0 Å². The highest BCUT2D eigenvalue weighted by molar-refractivity contribution is 6.31. The van der Waals surface area contributed by atoms with E-state index in [2.05, 4.69) is 17.4 Å². The molecule has 3 aromatic rings. The van der Waals surface area contributed by atoms with Crippen molar-refractivity contribution in [2.24, 2.45) is 0 Å². The van der Waals surface area contributed by atoms with Gasteiger partial charge in [0.2, 0.25) is 5.91 Å². The van der Waals surface area contributed by atoms with Gasteiger partial charge in [-0.1, -0.05) is 29.3 Å². The molecule has 1 N–H and O–H groups in total. The second kappa shape index (κ2) is 7.57. The summed E-state index contributed by atoms with van der Waals surface area (Å²) in [6.07, 6.45) is 0.206. The van der Waals surface area contributed by atoms with E-state index in [0.717, 1.165) is 33.2 Å². The minimum absolute atomic E-state index is 0.0845. The number of halogens is 1. The summed E-state index contributed by atoms with van der Waals surface area (Å²) in [6.45, 7) is 8.18. The maximum atomic E-state index is 12.6. The first-order valence-electron chi connectivity index (χ1n) is 8.94. The van der Waals surface area contributed by atoms with Crippen LogP contribution in [-0.4, -0.2) is 10.5 Å². The van der Waals surface area contributed by atoms with E-state index in [9.17, 15) is 9.59 Å². The lowest BCUT2D eigenvalue weighted by atomic mass is 10.0. The number of aryl methyl sites for hydroxylation is 4. The number of nitrogens with zero attached hydrogens (tertiary/aromatic N) is 1. The summed E-state index contributed by atoms with van der Waals surface area (Å²) < 4.78 is 1.70. The number of carbonyl (C=O) groups is 1. The van der Waals surface area contributed by atoms with Crippen LogP contribution < -0.4 is 10.9 Å². The Kier molecular flexibility index (Phi) is 5.38. The molecule has 27 heavy (non-hydrogen) atoms. The number of benzene rings is 2. The lowest BCUT2D eigenvalue weighted by molar-refractivity contribution is -0.116. The van der Waals surface area contributed by atoms with Crippen LogP contribution in [0.5, 0.6) is 0 Å². The summed E-state index contributed by atoms with van der Waals surface area (Å²) in [7, 11) is 0. The fraction of sp³-hybridized carbons (Fsp3) is 0.273. The minimum Gasteiger partial charge on any atom is -0.326 e. The second-order valence-electron chi connectivity index (χ2n) is 7.01. The lowest BCUT2D eigenvalue weighted by Crippen LogP contribution is -2.24. The molecule has 0 radical (unpaired) electrons. The standard InChI is InChI=1S/C22H23ClN2O2/c1-13-10-15(3)22-17(11-13)14(2)12-21(27)25(22)9-8-20(26)24-19-7-5-6-18(23)16(19)4/h5-7,10-12H,8-9H2,1-4H3,(H,24,26). The normalized spacial score (nSPS) is 11.0. The molecule has 0 spiro atoms. The van der Waals surface area contributed by atoms with Crippen LogP contribution in [-0.2, 0) is 11.3 Å². The fourth-order valence-electron chi connectivity index (χ4n) is 3.46. The molecule has 1 aromatic heterocycles. The van der Waals surface area contributed by atoms with Gasteiger partial charge in [-0.3, -0.25) is 9.59 Å². The minimum atomic E-state index is -0.147. The van der Waals surface area contributed by atoms with Crippen LogP contribution in [0, 0.1) is 27.7 Å². The molecule has 0 unspecified atom stereocenters. The molecule has 0 atom stereocenters. The molecule has 0 saturated carbocycles. The maximum absolute atomic E-state index is 12.6. The van der Waals surface area contributed by atoms with E-state index < -0.39 is 0 Å². The molecule has 0 aliphatic heterocycles. The van der Waals surface area contributed by atoms with Crippen LogP contribution in [0.1, 0.15) is 28.7 Å². The van der Waals surface area contributed by atoms with Crippen LogP contribution >= 0.6 is 11.6 Å². The zero-order valence-electron chi connectivity index (χ0n) is 16.0. The third-order valence-corrected chi connectivity index (χ3v) is 5.26. The highest BCUT2D eigenvalue weighted by Crippen LogP contribution is 2.24. The first kappa shape index (κ1) is 19.2. The lowest BCUT2D eigenvalue weighted by Gasteiger charge is -2.15. The molecule has 140 valence electrons. The first-order valence-corrected chi connectivity index (χ1v) is 9.32. The van der Waals surface area contributed by atoms with Crippen molar-refractivity contribution in [3.8, 4) is 0 Å². The Morgan fingerprint density at radius 2 is 1.81 bits per heavy atom. The summed E-state index contributed by atoms with van der Waals surface area (Å²) in [6, 6.07) is 11.2. The Morgan fingerprint density at radius 1 is 1.07 bits per heavy atom. The average Bonchev–Trinajstić information content (AvgIpc) is 2.59. The van der Waals surface area contributed by atoms with Crippen LogP contribution in [0.15, 0.2) is 41.2 Å². The molecule has 1 heterocycles. The van der Waals surface area contributed by atoms with Gasteiger partial charge >= 0.3 is 0 Å².